The maximum atomic E-state index is 12.5. The molecule has 1 aromatic heterocycles. The Balaban J connectivity index is 1.98. The number of nitrogens with zero attached hydrogens (tertiary/aromatic N) is 1. The van der Waals surface area contributed by atoms with E-state index in [4.69, 9.17) is 0 Å². The van der Waals surface area contributed by atoms with E-state index in [9.17, 15) is 9.59 Å². The molecule has 0 bridgehead atoms. The third-order valence-electron chi connectivity index (χ3n) is 3.61. The molecule has 0 saturated carbocycles. The van der Waals surface area contributed by atoms with Crippen molar-refractivity contribution in [3.63, 3.8) is 0 Å². The van der Waals surface area contributed by atoms with Crippen LogP contribution in [-0.4, -0.2) is 42.0 Å². The maximum Gasteiger partial charge on any atom is 0.261 e. The third-order valence-corrected chi connectivity index (χ3v) is 3.61. The highest BCUT2D eigenvalue weighted by atomic mass is 16.2. The summed E-state index contributed by atoms with van der Waals surface area (Å²) in [6, 6.07) is 9.17. The molecule has 5 nitrogen and oxygen atoms in total. The second-order valence-corrected chi connectivity index (χ2v) is 5.00. The molecular weight excluding hydrogens is 254 g/mol. The van der Waals surface area contributed by atoms with E-state index >= 15 is 0 Å². The smallest absolute Gasteiger partial charge is 0.261 e. The Kier molecular flexibility index (Phi) is 3.52. The molecule has 3 rings (SSSR count). The highest BCUT2D eigenvalue weighted by Crippen LogP contribution is 2.12. The maximum absolute atomic E-state index is 12.5. The van der Waals surface area contributed by atoms with Gasteiger partial charge in [-0.05, 0) is 30.5 Å². The molecule has 104 valence electrons. The predicted octanol–water partition coefficient (Wildman–Crippen LogP) is 0.964. The molecule has 2 heterocycles. The molecule has 0 radical (unpaired) electrons. The van der Waals surface area contributed by atoms with Crippen LogP contribution in [-0.2, 0) is 0 Å². The fraction of sp³-hybridized carbons (Fsp3) is 0.333. The summed E-state index contributed by atoms with van der Waals surface area (Å²) in [5.74, 6) is -0.180. The molecule has 2 N–H and O–H groups in total. The standard InChI is InChI=1S/C15H17N3O2/c19-14-12(10-11-4-1-2-5-13(11)17-14)15(20)18-8-3-6-16-7-9-18/h1-2,4-5,10,16H,3,6-9H2,(H,17,19). The van der Waals surface area contributed by atoms with Crippen LogP contribution in [0, 0.1) is 0 Å². The second-order valence-electron chi connectivity index (χ2n) is 5.00. The van der Waals surface area contributed by atoms with Crippen LogP contribution in [0.2, 0.25) is 0 Å². The minimum absolute atomic E-state index is 0.180. The number of H-pyrrole nitrogens is 1. The van der Waals surface area contributed by atoms with Crippen molar-refractivity contribution in [3.8, 4) is 0 Å². The van der Waals surface area contributed by atoms with Crippen LogP contribution in [0.4, 0.5) is 0 Å². The van der Waals surface area contributed by atoms with Gasteiger partial charge < -0.3 is 15.2 Å². The number of aromatic amines is 1. The van der Waals surface area contributed by atoms with Crippen LogP contribution in [0.5, 0.6) is 0 Å². The zero-order valence-electron chi connectivity index (χ0n) is 11.2. The van der Waals surface area contributed by atoms with Gasteiger partial charge in [0.15, 0.2) is 0 Å². The first-order valence-corrected chi connectivity index (χ1v) is 6.88. The van der Waals surface area contributed by atoms with E-state index in [1.165, 1.54) is 0 Å². The topological polar surface area (TPSA) is 65.2 Å². The molecule has 0 spiro atoms. The van der Waals surface area contributed by atoms with Gasteiger partial charge in [-0.15, -0.1) is 0 Å². The molecule has 20 heavy (non-hydrogen) atoms. The molecule has 0 atom stereocenters. The monoisotopic (exact) mass is 271 g/mol. The first-order chi connectivity index (χ1) is 9.75. The highest BCUT2D eigenvalue weighted by molar-refractivity contribution is 5.97. The van der Waals surface area contributed by atoms with Gasteiger partial charge in [0.25, 0.3) is 11.5 Å². The first kappa shape index (κ1) is 12.9. The molecular formula is C15H17N3O2. The van der Waals surface area contributed by atoms with Gasteiger partial charge in [0.05, 0.1) is 0 Å². The zero-order valence-corrected chi connectivity index (χ0v) is 11.2. The summed E-state index contributed by atoms with van der Waals surface area (Å²) in [6.45, 7) is 3.03. The van der Waals surface area contributed by atoms with Gasteiger partial charge in [0.1, 0.15) is 5.56 Å². The van der Waals surface area contributed by atoms with Crippen molar-refractivity contribution in [2.45, 2.75) is 6.42 Å². The Labute approximate surface area is 116 Å². The number of pyridine rings is 1. The first-order valence-electron chi connectivity index (χ1n) is 6.88. The van der Waals surface area contributed by atoms with Gasteiger partial charge >= 0.3 is 0 Å². The number of hydrogen-bond donors (Lipinski definition) is 2. The number of rotatable bonds is 1. The van der Waals surface area contributed by atoms with Crippen LogP contribution in [0.1, 0.15) is 16.8 Å². The van der Waals surface area contributed by atoms with Crippen molar-refractivity contribution in [1.82, 2.24) is 15.2 Å². The molecule has 1 aliphatic rings. The molecule has 2 aromatic rings. The Morgan fingerprint density at radius 1 is 1.15 bits per heavy atom. The average molecular weight is 271 g/mol. The highest BCUT2D eigenvalue weighted by Gasteiger charge is 2.20. The molecule has 1 amide bonds. The molecule has 0 aliphatic carbocycles. The van der Waals surface area contributed by atoms with Gasteiger partial charge in [0.2, 0.25) is 0 Å². The Morgan fingerprint density at radius 2 is 2.00 bits per heavy atom. The zero-order chi connectivity index (χ0) is 13.9. The normalized spacial score (nSPS) is 16.1. The number of hydrogen-bond acceptors (Lipinski definition) is 3. The number of nitrogens with one attached hydrogen (secondary N) is 2. The lowest BCUT2D eigenvalue weighted by molar-refractivity contribution is 0.0765. The Bertz CT molecular complexity index is 685. The van der Waals surface area contributed by atoms with E-state index in [1.54, 1.807) is 11.0 Å². The van der Waals surface area contributed by atoms with Crippen molar-refractivity contribution in [3.05, 3.63) is 46.2 Å². The van der Waals surface area contributed by atoms with Gasteiger partial charge in [-0.2, -0.15) is 0 Å². The van der Waals surface area contributed by atoms with E-state index in [2.05, 4.69) is 10.3 Å². The van der Waals surface area contributed by atoms with Crippen LogP contribution < -0.4 is 10.9 Å². The van der Waals surface area contributed by atoms with Gasteiger partial charge in [-0.3, -0.25) is 9.59 Å². The summed E-state index contributed by atoms with van der Waals surface area (Å²) in [6.07, 6.45) is 0.914. The molecule has 1 saturated heterocycles. The number of aromatic nitrogens is 1. The number of amides is 1. The molecule has 1 aliphatic heterocycles. The van der Waals surface area contributed by atoms with E-state index < -0.39 is 0 Å². The number of benzene rings is 1. The molecule has 1 fully saturated rings. The summed E-state index contributed by atoms with van der Waals surface area (Å²) >= 11 is 0. The largest absolute Gasteiger partial charge is 0.337 e. The summed E-state index contributed by atoms with van der Waals surface area (Å²) < 4.78 is 0. The summed E-state index contributed by atoms with van der Waals surface area (Å²) in [5, 5.41) is 4.13. The van der Waals surface area contributed by atoms with Crippen LogP contribution >= 0.6 is 0 Å². The quantitative estimate of drug-likeness (QED) is 0.812. The van der Waals surface area contributed by atoms with Crippen LogP contribution in [0.15, 0.2) is 35.1 Å². The Hall–Kier alpha value is -2.14. The van der Waals surface area contributed by atoms with Crippen molar-refractivity contribution in [2.75, 3.05) is 26.2 Å². The van der Waals surface area contributed by atoms with E-state index in [1.807, 2.05) is 24.3 Å². The minimum atomic E-state index is -0.314. The van der Waals surface area contributed by atoms with Crippen molar-refractivity contribution in [2.24, 2.45) is 0 Å². The second kappa shape index (κ2) is 5.46. The summed E-state index contributed by atoms with van der Waals surface area (Å²) in [7, 11) is 0. The van der Waals surface area contributed by atoms with Gasteiger partial charge in [0, 0.05) is 25.2 Å². The van der Waals surface area contributed by atoms with Gasteiger partial charge in [-0.25, -0.2) is 0 Å². The molecule has 0 unspecified atom stereocenters. The Morgan fingerprint density at radius 3 is 2.90 bits per heavy atom. The van der Waals surface area contributed by atoms with Crippen molar-refractivity contribution < 1.29 is 4.79 Å². The molecule has 1 aromatic carbocycles. The van der Waals surface area contributed by atoms with Crippen LogP contribution in [0.3, 0.4) is 0 Å². The number of para-hydroxylation sites is 1. The lowest BCUT2D eigenvalue weighted by atomic mass is 10.1. The summed E-state index contributed by atoms with van der Waals surface area (Å²) in [4.78, 5) is 29.1. The minimum Gasteiger partial charge on any atom is -0.337 e. The predicted molar refractivity (Wildman–Crippen MR) is 78.0 cm³/mol. The van der Waals surface area contributed by atoms with Crippen LogP contribution in [0.25, 0.3) is 10.9 Å². The number of carbonyl (C=O) groups is 1. The van der Waals surface area contributed by atoms with Gasteiger partial charge in [-0.1, -0.05) is 18.2 Å². The van der Waals surface area contributed by atoms with E-state index in [-0.39, 0.29) is 17.0 Å². The van der Waals surface area contributed by atoms with Crippen molar-refractivity contribution in [1.29, 1.82) is 0 Å². The van der Waals surface area contributed by atoms with Crippen molar-refractivity contribution >= 4 is 16.8 Å². The number of carbonyl (C=O) groups excluding carboxylic acids is 1. The SMILES string of the molecule is O=C(c1cc2ccccc2[nH]c1=O)N1CCCNCC1. The molecule has 5 heteroatoms. The lowest BCUT2D eigenvalue weighted by Gasteiger charge is -2.19. The average Bonchev–Trinajstić information content (AvgIpc) is 2.75. The van der Waals surface area contributed by atoms with E-state index in [0.29, 0.717) is 13.1 Å². The lowest BCUT2D eigenvalue weighted by Crippen LogP contribution is -2.37. The van der Waals surface area contributed by atoms with E-state index in [0.717, 1.165) is 30.4 Å². The third kappa shape index (κ3) is 2.44. The summed E-state index contributed by atoms with van der Waals surface area (Å²) in [5.41, 5.74) is 0.670. The fourth-order valence-corrected chi connectivity index (χ4v) is 2.53. The fourth-order valence-electron chi connectivity index (χ4n) is 2.53. The number of fused-ring (bicyclic) bond motifs is 1.